The van der Waals surface area contributed by atoms with Gasteiger partial charge in [0.05, 0.1) is 6.54 Å². The van der Waals surface area contributed by atoms with Crippen LogP contribution in [0, 0.1) is 5.82 Å². The molecule has 0 aliphatic rings. The molecule has 0 bridgehead atoms. The van der Waals surface area contributed by atoms with E-state index >= 15 is 0 Å². The lowest BCUT2D eigenvalue weighted by Crippen LogP contribution is -2.43. The Labute approximate surface area is 146 Å². The standard InChI is InChI=1S/C17H28FN3O2S/c1-13(23-15-8-6-7-14(18)11-15)12-21-16(19-5)20-9-10-24(22)17(2,3)4/h6-8,11,13H,9-10,12H2,1-5H3,(H2,19,20,21). The maximum Gasteiger partial charge on any atom is 0.191 e. The van der Waals surface area contributed by atoms with Gasteiger partial charge in [0.2, 0.25) is 0 Å². The fraction of sp³-hybridized carbons (Fsp3) is 0.588. The molecule has 0 amide bonds. The smallest absolute Gasteiger partial charge is 0.191 e. The maximum atomic E-state index is 13.1. The first kappa shape index (κ1) is 20.4. The van der Waals surface area contributed by atoms with Crippen molar-refractivity contribution in [3.05, 3.63) is 30.1 Å². The Bertz CT molecular complexity index is 573. The van der Waals surface area contributed by atoms with Crippen LogP contribution in [0.1, 0.15) is 27.7 Å². The van der Waals surface area contributed by atoms with Crippen LogP contribution in [0.3, 0.4) is 0 Å². The van der Waals surface area contributed by atoms with Gasteiger partial charge in [-0.2, -0.15) is 0 Å². The van der Waals surface area contributed by atoms with E-state index in [0.29, 0.717) is 30.6 Å². The van der Waals surface area contributed by atoms with Gasteiger partial charge in [-0.05, 0) is 39.8 Å². The van der Waals surface area contributed by atoms with E-state index in [-0.39, 0.29) is 16.7 Å². The number of nitrogens with zero attached hydrogens (tertiary/aromatic N) is 1. The zero-order valence-electron chi connectivity index (χ0n) is 15.1. The average Bonchev–Trinajstić information content (AvgIpc) is 2.49. The van der Waals surface area contributed by atoms with Gasteiger partial charge in [-0.1, -0.05) is 6.07 Å². The summed E-state index contributed by atoms with van der Waals surface area (Å²) in [5.41, 5.74) is 0. The normalized spacial score (nSPS) is 14.8. The van der Waals surface area contributed by atoms with Crippen LogP contribution in [0.15, 0.2) is 29.3 Å². The summed E-state index contributed by atoms with van der Waals surface area (Å²) in [5, 5.41) is 6.27. The molecule has 2 unspecified atom stereocenters. The van der Waals surface area contributed by atoms with Gasteiger partial charge in [-0.25, -0.2) is 4.39 Å². The fourth-order valence-electron chi connectivity index (χ4n) is 1.84. The van der Waals surface area contributed by atoms with Crippen LogP contribution in [0.2, 0.25) is 0 Å². The van der Waals surface area contributed by atoms with Crippen LogP contribution in [0.25, 0.3) is 0 Å². The molecule has 2 atom stereocenters. The van der Waals surface area contributed by atoms with Crippen molar-refractivity contribution in [1.82, 2.24) is 10.6 Å². The van der Waals surface area contributed by atoms with E-state index in [1.165, 1.54) is 12.1 Å². The minimum Gasteiger partial charge on any atom is -0.489 e. The molecule has 0 fully saturated rings. The van der Waals surface area contributed by atoms with Crippen LogP contribution in [0.4, 0.5) is 4.39 Å². The summed E-state index contributed by atoms with van der Waals surface area (Å²) in [6, 6.07) is 6.06. The lowest BCUT2D eigenvalue weighted by atomic mass is 10.3. The number of rotatable bonds is 7. The lowest BCUT2D eigenvalue weighted by molar-refractivity contribution is 0.223. The summed E-state index contributed by atoms with van der Waals surface area (Å²) < 4.78 is 30.5. The Morgan fingerprint density at radius 1 is 1.38 bits per heavy atom. The second-order valence-electron chi connectivity index (χ2n) is 6.43. The zero-order chi connectivity index (χ0) is 18.2. The number of nitrogens with one attached hydrogen (secondary N) is 2. The van der Waals surface area contributed by atoms with Crippen molar-refractivity contribution in [2.24, 2.45) is 4.99 Å². The van der Waals surface area contributed by atoms with Gasteiger partial charge in [0, 0.05) is 41.0 Å². The monoisotopic (exact) mass is 357 g/mol. The molecule has 5 nitrogen and oxygen atoms in total. The van der Waals surface area contributed by atoms with Gasteiger partial charge in [0.1, 0.15) is 17.7 Å². The van der Waals surface area contributed by atoms with Crippen LogP contribution in [0.5, 0.6) is 5.75 Å². The third-order valence-corrected chi connectivity index (χ3v) is 5.12. The number of ether oxygens (including phenoxy) is 1. The fourth-order valence-corrected chi connectivity index (χ4v) is 2.74. The van der Waals surface area contributed by atoms with Crippen LogP contribution in [-0.2, 0) is 10.8 Å². The highest BCUT2D eigenvalue weighted by molar-refractivity contribution is 7.86. The second kappa shape index (κ2) is 9.61. The van der Waals surface area contributed by atoms with Gasteiger partial charge in [-0.15, -0.1) is 0 Å². The Balaban J connectivity index is 2.34. The molecule has 0 saturated carbocycles. The van der Waals surface area contributed by atoms with Crippen molar-refractivity contribution in [1.29, 1.82) is 0 Å². The van der Waals surface area contributed by atoms with Crippen molar-refractivity contribution in [2.75, 3.05) is 25.9 Å². The highest BCUT2D eigenvalue weighted by Gasteiger charge is 2.18. The van der Waals surface area contributed by atoms with Crippen molar-refractivity contribution in [2.45, 2.75) is 38.5 Å². The zero-order valence-corrected chi connectivity index (χ0v) is 15.9. The van der Waals surface area contributed by atoms with Crippen LogP contribution in [-0.4, -0.2) is 46.9 Å². The summed E-state index contributed by atoms with van der Waals surface area (Å²) >= 11 is 0. The Morgan fingerprint density at radius 3 is 2.67 bits per heavy atom. The van der Waals surface area contributed by atoms with Crippen LogP contribution < -0.4 is 15.4 Å². The molecule has 0 aromatic heterocycles. The van der Waals surface area contributed by atoms with Gasteiger partial charge >= 0.3 is 0 Å². The van der Waals surface area contributed by atoms with Crippen molar-refractivity contribution < 1.29 is 13.3 Å². The molecule has 2 N–H and O–H groups in total. The summed E-state index contributed by atoms with van der Waals surface area (Å²) in [6.07, 6.45) is -0.158. The molecule has 24 heavy (non-hydrogen) atoms. The quantitative estimate of drug-likeness (QED) is 0.581. The molecular weight excluding hydrogens is 329 g/mol. The third kappa shape index (κ3) is 7.77. The first-order chi connectivity index (χ1) is 11.2. The largest absolute Gasteiger partial charge is 0.489 e. The number of halogens is 1. The van der Waals surface area contributed by atoms with E-state index in [1.807, 2.05) is 27.7 Å². The Hall–Kier alpha value is -1.63. The Kier molecular flexibility index (Phi) is 8.18. The summed E-state index contributed by atoms with van der Waals surface area (Å²) in [5.74, 6) is 1.35. The van der Waals surface area contributed by atoms with E-state index < -0.39 is 10.8 Å². The predicted octanol–water partition coefficient (Wildman–Crippen LogP) is 2.31. The van der Waals surface area contributed by atoms with E-state index in [0.717, 1.165) is 0 Å². The van der Waals surface area contributed by atoms with Gasteiger partial charge in [0.15, 0.2) is 5.96 Å². The molecule has 0 radical (unpaired) electrons. The first-order valence-corrected chi connectivity index (χ1v) is 9.29. The first-order valence-electron chi connectivity index (χ1n) is 7.97. The highest BCUT2D eigenvalue weighted by Crippen LogP contribution is 2.13. The van der Waals surface area contributed by atoms with Crippen molar-refractivity contribution >= 4 is 16.8 Å². The van der Waals surface area contributed by atoms with E-state index in [4.69, 9.17) is 4.74 Å². The molecule has 1 aromatic carbocycles. The lowest BCUT2D eigenvalue weighted by Gasteiger charge is -2.20. The molecule has 136 valence electrons. The Morgan fingerprint density at radius 2 is 2.08 bits per heavy atom. The predicted molar refractivity (Wildman–Crippen MR) is 98.6 cm³/mol. The molecule has 1 rings (SSSR count). The van der Waals surface area contributed by atoms with Crippen molar-refractivity contribution in [3.63, 3.8) is 0 Å². The summed E-state index contributed by atoms with van der Waals surface area (Å²) in [6.45, 7) is 8.85. The SMILES string of the molecule is CN=C(NCCS(=O)C(C)(C)C)NCC(C)Oc1cccc(F)c1. The number of guanidine groups is 1. The molecule has 0 aliphatic carbocycles. The van der Waals surface area contributed by atoms with Gasteiger partial charge < -0.3 is 15.4 Å². The topological polar surface area (TPSA) is 62.7 Å². The third-order valence-electron chi connectivity index (χ3n) is 3.18. The van der Waals surface area contributed by atoms with E-state index in [2.05, 4.69) is 15.6 Å². The number of aliphatic imine (C=N–C) groups is 1. The molecule has 0 aliphatic heterocycles. The average molecular weight is 357 g/mol. The molecule has 0 saturated heterocycles. The second-order valence-corrected chi connectivity index (χ2v) is 8.75. The minimum absolute atomic E-state index is 0.158. The molecular formula is C17H28FN3O2S. The van der Waals surface area contributed by atoms with Crippen LogP contribution >= 0.6 is 0 Å². The maximum absolute atomic E-state index is 13.1. The van der Waals surface area contributed by atoms with E-state index in [9.17, 15) is 8.60 Å². The molecule has 0 spiro atoms. The van der Waals surface area contributed by atoms with Crippen molar-refractivity contribution in [3.8, 4) is 5.75 Å². The number of hydrogen-bond acceptors (Lipinski definition) is 3. The summed E-state index contributed by atoms with van der Waals surface area (Å²) in [4.78, 5) is 4.12. The minimum atomic E-state index is -0.903. The van der Waals surface area contributed by atoms with Gasteiger partial charge in [-0.3, -0.25) is 9.20 Å². The molecule has 1 aromatic rings. The number of benzene rings is 1. The van der Waals surface area contributed by atoms with Gasteiger partial charge in [0.25, 0.3) is 0 Å². The summed E-state index contributed by atoms with van der Waals surface area (Å²) in [7, 11) is 0.772. The molecule has 0 heterocycles. The number of hydrogen-bond donors (Lipinski definition) is 2. The molecule has 7 heteroatoms. The highest BCUT2D eigenvalue weighted by atomic mass is 32.2. The van der Waals surface area contributed by atoms with E-state index in [1.54, 1.807) is 19.2 Å².